The molecule has 0 amide bonds. The molecule has 1 heterocycles. The highest BCUT2D eigenvalue weighted by Crippen LogP contribution is 2.04. The third-order valence-electron chi connectivity index (χ3n) is 1.44. The van der Waals surface area contributed by atoms with Crippen molar-refractivity contribution >= 4 is 14.6 Å². The molecule has 0 atom stereocenters. The second-order valence-corrected chi connectivity index (χ2v) is 2.31. The van der Waals surface area contributed by atoms with E-state index in [1.807, 2.05) is 20.8 Å². The first-order chi connectivity index (χ1) is 5.91. The Morgan fingerprint density at radius 2 is 1.33 bits per heavy atom. The lowest BCUT2D eigenvalue weighted by atomic mass is 9.49. The van der Waals surface area contributed by atoms with Gasteiger partial charge in [0, 0.05) is 15.1 Å². The Bertz CT molecular complexity index is 48.1. The van der Waals surface area contributed by atoms with Crippen LogP contribution in [0.15, 0.2) is 0 Å². The fraction of sp³-hybridized carbons (Fsp3) is 1.00. The summed E-state index contributed by atoms with van der Waals surface area (Å²) in [4.78, 5) is 0. The van der Waals surface area contributed by atoms with Crippen molar-refractivity contribution in [3.05, 3.63) is 0 Å². The molecule has 0 spiro atoms. The van der Waals surface area contributed by atoms with Gasteiger partial charge in [-0.25, -0.2) is 0 Å². The van der Waals surface area contributed by atoms with Gasteiger partial charge in [-0.05, 0) is 6.92 Å². The lowest BCUT2D eigenvalue weighted by molar-refractivity contribution is 0.215. The van der Waals surface area contributed by atoms with Gasteiger partial charge in [0.05, 0.1) is 0 Å². The normalized spacial score (nSPS) is 13.7. The van der Waals surface area contributed by atoms with Gasteiger partial charge in [-0.15, -0.1) is 0 Å². The molecule has 0 aromatic heterocycles. The van der Waals surface area contributed by atoms with Crippen LogP contribution in [0.4, 0.5) is 0 Å². The van der Waals surface area contributed by atoms with Crippen LogP contribution in [0.2, 0.25) is 25.3 Å². The summed E-state index contributed by atoms with van der Waals surface area (Å²) < 4.78 is 4.54. The number of hydrogen-bond acceptors (Lipinski definition) is 1. The lowest BCUT2D eigenvalue weighted by Crippen LogP contribution is -2.01. The van der Waals surface area contributed by atoms with Crippen molar-refractivity contribution in [1.82, 2.24) is 0 Å². The molecule has 0 N–H and O–H groups in total. The highest BCUT2D eigenvalue weighted by Gasteiger charge is 1.98. The van der Waals surface area contributed by atoms with E-state index in [9.17, 15) is 0 Å². The minimum Gasteiger partial charge on any atom is -0.385 e. The standard InChI is InChI=1S/C4H8B2.C3H8O.C2H6.H2/c1-2-6-4-3-5-1;1-3-4-2;1-2;/h1-4H2;3H2,1-2H3;1-2H3;1H. The molecule has 0 aromatic carbocycles. The molecule has 1 aliphatic heterocycles. The van der Waals surface area contributed by atoms with E-state index in [1.54, 1.807) is 7.11 Å². The number of rotatable bonds is 1. The minimum absolute atomic E-state index is 0. The Morgan fingerprint density at radius 3 is 1.42 bits per heavy atom. The summed E-state index contributed by atoms with van der Waals surface area (Å²) in [5, 5.41) is 0. The van der Waals surface area contributed by atoms with Gasteiger partial charge in [-0.1, -0.05) is 39.1 Å². The van der Waals surface area contributed by atoms with E-state index in [0.29, 0.717) is 0 Å². The van der Waals surface area contributed by atoms with Crippen LogP contribution in [-0.4, -0.2) is 28.3 Å². The minimum atomic E-state index is 0. The predicted octanol–water partition coefficient (Wildman–Crippen LogP) is 3.01. The van der Waals surface area contributed by atoms with Gasteiger partial charge in [-0.3, -0.25) is 0 Å². The molecule has 0 aromatic rings. The van der Waals surface area contributed by atoms with Crippen molar-refractivity contribution in [2.45, 2.75) is 46.1 Å². The molecule has 0 saturated carbocycles. The molecule has 0 aliphatic carbocycles. The van der Waals surface area contributed by atoms with Crippen LogP contribution >= 0.6 is 0 Å². The summed E-state index contributed by atoms with van der Waals surface area (Å²) in [5.74, 6) is 0. The predicted molar refractivity (Wildman–Crippen MR) is 61.7 cm³/mol. The van der Waals surface area contributed by atoms with Crippen molar-refractivity contribution in [2.24, 2.45) is 0 Å². The van der Waals surface area contributed by atoms with Crippen LogP contribution in [0.25, 0.3) is 0 Å². The first-order valence-electron chi connectivity index (χ1n) is 5.04. The van der Waals surface area contributed by atoms with Gasteiger partial charge in [0.15, 0.2) is 0 Å². The Balaban J connectivity index is -0.000000128. The average molecular weight is 170 g/mol. The Labute approximate surface area is 81.2 Å². The van der Waals surface area contributed by atoms with Gasteiger partial charge < -0.3 is 4.74 Å². The number of hydrogen-bond donors (Lipinski definition) is 0. The van der Waals surface area contributed by atoms with E-state index < -0.39 is 0 Å². The maximum atomic E-state index is 4.54. The quantitative estimate of drug-likeness (QED) is 0.549. The molecule has 0 unspecified atom stereocenters. The van der Waals surface area contributed by atoms with Gasteiger partial charge in [0.25, 0.3) is 0 Å². The fourth-order valence-electron chi connectivity index (χ4n) is 0.760. The molecule has 2 radical (unpaired) electrons. The Hall–Kier alpha value is 0.0899. The molecular formula is C9H24B2O. The molecule has 0 bridgehead atoms. The second kappa shape index (κ2) is 17.3. The van der Waals surface area contributed by atoms with E-state index in [1.165, 1.54) is 25.3 Å². The zero-order valence-corrected chi connectivity index (χ0v) is 9.10. The van der Waals surface area contributed by atoms with E-state index in [0.717, 1.165) is 6.61 Å². The van der Waals surface area contributed by atoms with Crippen molar-refractivity contribution in [3.8, 4) is 0 Å². The average Bonchev–Trinajstić information content (AvgIpc) is 2.24. The first kappa shape index (κ1) is 14.6. The third-order valence-corrected chi connectivity index (χ3v) is 1.44. The van der Waals surface area contributed by atoms with Crippen LogP contribution in [-0.2, 0) is 4.74 Å². The fourth-order valence-corrected chi connectivity index (χ4v) is 0.760. The summed E-state index contributed by atoms with van der Waals surface area (Å²) in [6, 6.07) is 0. The highest BCUT2D eigenvalue weighted by molar-refractivity contribution is 6.48. The second-order valence-electron chi connectivity index (χ2n) is 2.31. The van der Waals surface area contributed by atoms with Crippen molar-refractivity contribution in [3.63, 3.8) is 0 Å². The molecule has 1 nitrogen and oxygen atoms in total. The zero-order chi connectivity index (χ0) is 9.66. The largest absolute Gasteiger partial charge is 0.385 e. The Morgan fingerprint density at radius 1 is 1.08 bits per heavy atom. The van der Waals surface area contributed by atoms with Gasteiger partial charge >= 0.3 is 0 Å². The summed E-state index contributed by atoms with van der Waals surface area (Å²) in [6.07, 6.45) is 5.28. The van der Waals surface area contributed by atoms with Crippen molar-refractivity contribution in [1.29, 1.82) is 0 Å². The zero-order valence-electron chi connectivity index (χ0n) is 9.10. The van der Waals surface area contributed by atoms with E-state index in [-0.39, 0.29) is 1.43 Å². The van der Waals surface area contributed by atoms with Gasteiger partial charge in [0.2, 0.25) is 0 Å². The molecule has 12 heavy (non-hydrogen) atoms. The van der Waals surface area contributed by atoms with Crippen LogP contribution in [0, 0.1) is 0 Å². The monoisotopic (exact) mass is 170 g/mol. The van der Waals surface area contributed by atoms with Crippen molar-refractivity contribution < 1.29 is 6.16 Å². The SMILES string of the molecule is CC.CCOC.[B]1CC[B]CC1.[HH]. The summed E-state index contributed by atoms with van der Waals surface area (Å²) >= 11 is 0. The molecule has 1 saturated heterocycles. The van der Waals surface area contributed by atoms with Crippen LogP contribution in [0.3, 0.4) is 0 Å². The van der Waals surface area contributed by atoms with Crippen LogP contribution < -0.4 is 0 Å². The molecule has 1 rings (SSSR count). The van der Waals surface area contributed by atoms with Gasteiger partial charge in [0.1, 0.15) is 14.6 Å². The summed E-state index contributed by atoms with van der Waals surface area (Å²) in [6.45, 7) is 6.78. The Kier molecular flexibility index (Phi) is 21.0. The molecule has 1 aliphatic rings. The molecule has 3 heteroatoms. The van der Waals surface area contributed by atoms with E-state index >= 15 is 0 Å². The topological polar surface area (TPSA) is 9.23 Å². The van der Waals surface area contributed by atoms with Crippen LogP contribution in [0.5, 0.6) is 0 Å². The van der Waals surface area contributed by atoms with Gasteiger partial charge in [-0.2, -0.15) is 0 Å². The molecule has 1 fully saturated rings. The maximum absolute atomic E-state index is 4.54. The summed E-state index contributed by atoms with van der Waals surface area (Å²) in [7, 11) is 6.40. The van der Waals surface area contributed by atoms with E-state index in [4.69, 9.17) is 0 Å². The smallest absolute Gasteiger partial charge is 0.107 e. The summed E-state index contributed by atoms with van der Waals surface area (Å²) in [5.41, 5.74) is 0. The lowest BCUT2D eigenvalue weighted by Gasteiger charge is -2.02. The highest BCUT2D eigenvalue weighted by atomic mass is 16.5. The van der Waals surface area contributed by atoms with E-state index in [2.05, 4.69) is 19.3 Å². The first-order valence-corrected chi connectivity index (χ1v) is 5.04. The third kappa shape index (κ3) is 16.6. The maximum Gasteiger partial charge on any atom is 0.107 e. The van der Waals surface area contributed by atoms with Crippen molar-refractivity contribution in [2.75, 3.05) is 13.7 Å². The molecule has 72 valence electrons. The number of methoxy groups -OCH3 is 1. The number of ether oxygens (including phenoxy) is 1. The molecular weight excluding hydrogens is 146 g/mol. The van der Waals surface area contributed by atoms with Crippen LogP contribution in [0.1, 0.15) is 22.2 Å².